The van der Waals surface area contributed by atoms with Crippen molar-refractivity contribution in [3.8, 4) is 0 Å². The maximum absolute atomic E-state index is 13.7. The van der Waals surface area contributed by atoms with Gasteiger partial charge in [-0.3, -0.25) is 9.69 Å². The van der Waals surface area contributed by atoms with Gasteiger partial charge in [0.25, 0.3) is 0 Å². The molecule has 0 aliphatic rings. The third kappa shape index (κ3) is 6.13. The van der Waals surface area contributed by atoms with Crippen molar-refractivity contribution in [1.29, 1.82) is 0 Å². The second-order valence-corrected chi connectivity index (χ2v) is 8.61. The van der Waals surface area contributed by atoms with E-state index < -0.39 is 12.0 Å². The molecule has 0 spiro atoms. The van der Waals surface area contributed by atoms with Crippen molar-refractivity contribution in [2.24, 2.45) is 11.8 Å². The highest BCUT2D eigenvalue weighted by Crippen LogP contribution is 2.28. The van der Waals surface area contributed by atoms with E-state index in [1.165, 1.54) is 11.1 Å². The Morgan fingerprint density at radius 1 is 0.742 bits per heavy atom. The Balaban J connectivity index is 1.89. The lowest BCUT2D eigenvalue weighted by Crippen LogP contribution is -2.47. The highest BCUT2D eigenvalue weighted by atomic mass is 16.3. The van der Waals surface area contributed by atoms with Gasteiger partial charge in [-0.1, -0.05) is 112 Å². The van der Waals surface area contributed by atoms with Crippen LogP contribution in [-0.4, -0.2) is 21.8 Å². The first-order valence-corrected chi connectivity index (χ1v) is 11.1. The molecule has 162 valence electrons. The smallest absolute Gasteiger partial charge is 0.155 e. The van der Waals surface area contributed by atoms with Gasteiger partial charge in [0, 0.05) is 19.0 Å². The van der Waals surface area contributed by atoms with Gasteiger partial charge in [0.2, 0.25) is 0 Å². The molecule has 1 N–H and O–H groups in total. The molecule has 0 heterocycles. The van der Waals surface area contributed by atoms with Crippen LogP contribution in [0.5, 0.6) is 0 Å². The summed E-state index contributed by atoms with van der Waals surface area (Å²) in [5.74, 6) is -0.299. The molecule has 0 aliphatic carbocycles. The number of rotatable bonds is 10. The Kier molecular flexibility index (Phi) is 8.16. The van der Waals surface area contributed by atoms with Gasteiger partial charge in [-0.05, 0) is 22.6 Å². The molecule has 3 rings (SSSR count). The lowest BCUT2D eigenvalue weighted by Gasteiger charge is -2.36. The number of benzene rings is 3. The Morgan fingerprint density at radius 3 is 1.58 bits per heavy atom. The Bertz CT molecular complexity index is 884. The quantitative estimate of drug-likeness (QED) is 0.465. The summed E-state index contributed by atoms with van der Waals surface area (Å²) in [5, 5.41) is 10.9. The molecule has 3 nitrogen and oxygen atoms in total. The highest BCUT2D eigenvalue weighted by molar-refractivity contribution is 5.87. The number of aliphatic hydroxyl groups is 1. The summed E-state index contributed by atoms with van der Waals surface area (Å²) >= 11 is 0. The monoisotopic (exact) mass is 415 g/mol. The Morgan fingerprint density at radius 2 is 1.16 bits per heavy atom. The van der Waals surface area contributed by atoms with E-state index >= 15 is 0 Å². The van der Waals surface area contributed by atoms with Crippen LogP contribution in [0, 0.1) is 11.8 Å². The van der Waals surface area contributed by atoms with E-state index in [1.807, 2.05) is 73.7 Å². The molecular weight excluding hydrogens is 382 g/mol. The molecule has 0 saturated carbocycles. The summed E-state index contributed by atoms with van der Waals surface area (Å²) in [5.41, 5.74) is 3.13. The van der Waals surface area contributed by atoms with E-state index in [0.717, 1.165) is 5.56 Å². The summed E-state index contributed by atoms with van der Waals surface area (Å²) in [4.78, 5) is 16.0. The van der Waals surface area contributed by atoms with Crippen LogP contribution in [0.1, 0.15) is 43.6 Å². The van der Waals surface area contributed by atoms with Crippen molar-refractivity contribution in [2.75, 3.05) is 0 Å². The van der Waals surface area contributed by atoms with Crippen LogP contribution in [0.2, 0.25) is 0 Å². The fraction of sp³-hybridized carbons (Fsp3) is 0.321. The molecule has 3 aromatic carbocycles. The number of carbonyl (C=O) groups is 1. The number of hydrogen-bond acceptors (Lipinski definition) is 3. The molecular formula is C28H33NO2. The molecule has 3 heteroatoms. The van der Waals surface area contributed by atoms with Gasteiger partial charge >= 0.3 is 0 Å². The van der Waals surface area contributed by atoms with Gasteiger partial charge in [-0.15, -0.1) is 0 Å². The van der Waals surface area contributed by atoms with Crippen LogP contribution >= 0.6 is 0 Å². The third-order valence-electron chi connectivity index (χ3n) is 5.84. The maximum atomic E-state index is 13.7. The standard InChI is InChI=1S/C28H33NO2/c1-21(2)26(28(31)22(3)27(30)25-17-11-6-12-18-25)29(19-23-13-7-4-8-14-23)20-24-15-9-5-10-16-24/h4-18,21-22,26-27,30H,19-20H2,1-3H3/t22-,26+,27-/m1/s1. The van der Waals surface area contributed by atoms with Crippen LogP contribution in [-0.2, 0) is 17.9 Å². The summed E-state index contributed by atoms with van der Waals surface area (Å²) in [6, 6.07) is 29.7. The number of nitrogens with zero attached hydrogens (tertiary/aromatic N) is 1. The summed E-state index contributed by atoms with van der Waals surface area (Å²) in [6.07, 6.45) is -0.815. The van der Waals surface area contributed by atoms with Gasteiger partial charge in [0.1, 0.15) is 0 Å². The third-order valence-corrected chi connectivity index (χ3v) is 5.84. The van der Waals surface area contributed by atoms with Crippen LogP contribution in [0.3, 0.4) is 0 Å². The van der Waals surface area contributed by atoms with Crippen molar-refractivity contribution >= 4 is 5.78 Å². The zero-order valence-electron chi connectivity index (χ0n) is 18.7. The molecule has 3 aromatic rings. The molecule has 31 heavy (non-hydrogen) atoms. The first-order chi connectivity index (χ1) is 15.0. The fourth-order valence-electron chi connectivity index (χ4n) is 4.18. The zero-order valence-corrected chi connectivity index (χ0v) is 18.7. The minimum Gasteiger partial charge on any atom is -0.388 e. The predicted molar refractivity (Wildman–Crippen MR) is 126 cm³/mol. The molecule has 0 amide bonds. The van der Waals surface area contributed by atoms with Crippen molar-refractivity contribution in [3.63, 3.8) is 0 Å². The average molecular weight is 416 g/mol. The lowest BCUT2D eigenvalue weighted by atomic mass is 9.85. The molecule has 0 bridgehead atoms. The molecule has 0 unspecified atom stereocenters. The van der Waals surface area contributed by atoms with E-state index in [4.69, 9.17) is 0 Å². The normalized spacial score (nSPS) is 14.4. The lowest BCUT2D eigenvalue weighted by molar-refractivity contribution is -0.133. The van der Waals surface area contributed by atoms with E-state index in [1.54, 1.807) is 0 Å². The molecule has 0 radical (unpaired) electrons. The van der Waals surface area contributed by atoms with Crippen LogP contribution in [0.15, 0.2) is 91.0 Å². The molecule has 3 atom stereocenters. The molecule has 0 aromatic heterocycles. The predicted octanol–water partition coefficient (Wildman–Crippen LogP) is 5.65. The van der Waals surface area contributed by atoms with Gasteiger partial charge in [-0.25, -0.2) is 0 Å². The van der Waals surface area contributed by atoms with Crippen molar-refractivity contribution in [1.82, 2.24) is 4.90 Å². The summed E-state index contributed by atoms with van der Waals surface area (Å²) in [7, 11) is 0. The second-order valence-electron chi connectivity index (χ2n) is 8.61. The zero-order chi connectivity index (χ0) is 22.2. The number of carbonyl (C=O) groups excluding carboxylic acids is 1. The van der Waals surface area contributed by atoms with E-state index in [2.05, 4.69) is 43.0 Å². The van der Waals surface area contributed by atoms with Gasteiger partial charge in [-0.2, -0.15) is 0 Å². The highest BCUT2D eigenvalue weighted by Gasteiger charge is 2.35. The first kappa shape index (κ1) is 22.9. The first-order valence-electron chi connectivity index (χ1n) is 11.1. The number of ketones is 1. The van der Waals surface area contributed by atoms with Crippen molar-refractivity contribution < 1.29 is 9.90 Å². The van der Waals surface area contributed by atoms with Gasteiger partial charge in [0.05, 0.1) is 12.1 Å². The fourth-order valence-corrected chi connectivity index (χ4v) is 4.18. The van der Waals surface area contributed by atoms with E-state index in [-0.39, 0.29) is 17.7 Å². The molecule has 0 aliphatic heterocycles. The minimum absolute atomic E-state index is 0.0817. The van der Waals surface area contributed by atoms with E-state index in [0.29, 0.717) is 13.1 Å². The molecule has 0 saturated heterocycles. The Labute approximate surface area is 186 Å². The number of hydrogen-bond donors (Lipinski definition) is 1. The van der Waals surface area contributed by atoms with Crippen LogP contribution in [0.25, 0.3) is 0 Å². The van der Waals surface area contributed by atoms with Gasteiger partial charge in [0.15, 0.2) is 5.78 Å². The van der Waals surface area contributed by atoms with Gasteiger partial charge < -0.3 is 5.11 Å². The average Bonchev–Trinajstić information content (AvgIpc) is 2.79. The molecule has 0 fully saturated rings. The van der Waals surface area contributed by atoms with Crippen LogP contribution in [0.4, 0.5) is 0 Å². The minimum atomic E-state index is -0.815. The largest absolute Gasteiger partial charge is 0.388 e. The Hall–Kier alpha value is -2.75. The summed E-state index contributed by atoms with van der Waals surface area (Å²) in [6.45, 7) is 7.38. The summed E-state index contributed by atoms with van der Waals surface area (Å²) < 4.78 is 0. The van der Waals surface area contributed by atoms with Crippen molar-refractivity contribution in [2.45, 2.75) is 46.0 Å². The van der Waals surface area contributed by atoms with Crippen molar-refractivity contribution in [3.05, 3.63) is 108 Å². The second kappa shape index (κ2) is 11.0. The van der Waals surface area contributed by atoms with E-state index in [9.17, 15) is 9.90 Å². The number of aliphatic hydroxyl groups excluding tert-OH is 1. The van der Waals surface area contributed by atoms with Crippen LogP contribution < -0.4 is 0 Å². The SMILES string of the molecule is CC(C)[C@@H](C(=O)[C@H](C)[C@@H](O)c1ccccc1)N(Cc1ccccc1)Cc1ccccc1. The topological polar surface area (TPSA) is 40.5 Å². The number of Topliss-reactive ketones (excluding diaryl/α,β-unsaturated/α-hetero) is 1. The maximum Gasteiger partial charge on any atom is 0.155 e.